The van der Waals surface area contributed by atoms with Gasteiger partial charge in [-0.1, -0.05) is 18.2 Å². The van der Waals surface area contributed by atoms with Crippen molar-refractivity contribution in [2.75, 3.05) is 11.9 Å². The molecule has 4 bridgehead atoms. The molecule has 0 aliphatic heterocycles. The summed E-state index contributed by atoms with van der Waals surface area (Å²) in [5, 5.41) is 12.0. The number of ether oxygens (including phenoxy) is 2. The Morgan fingerprint density at radius 1 is 1.00 bits per heavy atom. The Labute approximate surface area is 232 Å². The maximum atomic E-state index is 13.4. The molecule has 0 spiro atoms. The smallest absolute Gasteiger partial charge is 0.336 e. The number of esters is 1. The zero-order valence-corrected chi connectivity index (χ0v) is 22.5. The van der Waals surface area contributed by atoms with Gasteiger partial charge in [-0.3, -0.25) is 9.59 Å². The third-order valence-electron chi connectivity index (χ3n) is 9.09. The Kier molecular flexibility index (Phi) is 6.64. The van der Waals surface area contributed by atoms with E-state index in [1.165, 1.54) is 18.1 Å². The summed E-state index contributed by atoms with van der Waals surface area (Å²) in [6, 6.07) is 16.3. The van der Waals surface area contributed by atoms with Crippen LogP contribution in [0.2, 0.25) is 0 Å². The lowest BCUT2D eigenvalue weighted by atomic mass is 9.43. The Balaban J connectivity index is 1.11. The minimum Gasteiger partial charge on any atom is -0.484 e. The van der Waals surface area contributed by atoms with Crippen LogP contribution < -0.4 is 10.1 Å². The number of amides is 1. The molecule has 2 aromatic carbocycles. The van der Waals surface area contributed by atoms with Gasteiger partial charge in [-0.2, -0.15) is 0 Å². The molecular weight excluding hydrogens is 510 g/mol. The highest BCUT2D eigenvalue weighted by molar-refractivity contribution is 5.96. The Hall–Kier alpha value is -4.07. The molecule has 2 unspecified atom stereocenters. The number of benzene rings is 2. The van der Waals surface area contributed by atoms with Gasteiger partial charge in [-0.15, -0.1) is 0 Å². The lowest BCUT2D eigenvalue weighted by Gasteiger charge is -2.61. The molecule has 2 atom stereocenters. The van der Waals surface area contributed by atoms with Crippen LogP contribution in [0.5, 0.6) is 5.75 Å². The Bertz CT molecular complexity index is 1410. The quantitative estimate of drug-likeness (QED) is 0.324. The summed E-state index contributed by atoms with van der Waals surface area (Å²) in [5.74, 6) is 0.748. The molecule has 8 nitrogen and oxygen atoms in total. The predicted molar refractivity (Wildman–Crippen MR) is 146 cm³/mol. The summed E-state index contributed by atoms with van der Waals surface area (Å²) in [5.41, 5.74) is 1.79. The maximum absolute atomic E-state index is 13.4. The molecule has 208 valence electrons. The molecule has 1 aromatic heterocycles. The SMILES string of the molecule is Cc1c(NC(=O)COc2ccc(C34CC5CC(CC(C(=O)OCc6ccco6)(C5)C3)C4)cc2)cccc1C(=O)O. The zero-order valence-electron chi connectivity index (χ0n) is 22.5. The van der Waals surface area contributed by atoms with E-state index in [1.807, 2.05) is 18.2 Å². The molecule has 8 heteroatoms. The number of carboxylic acid groups (broad SMARTS) is 1. The van der Waals surface area contributed by atoms with Crippen molar-refractivity contribution in [1.82, 2.24) is 0 Å². The molecule has 4 aliphatic carbocycles. The molecular formula is C32H33NO7. The number of carbonyl (C=O) groups excluding carboxylic acids is 2. The molecule has 0 saturated heterocycles. The Morgan fingerprint density at radius 2 is 1.75 bits per heavy atom. The van der Waals surface area contributed by atoms with Crippen molar-refractivity contribution in [1.29, 1.82) is 0 Å². The van der Waals surface area contributed by atoms with Gasteiger partial charge in [-0.25, -0.2) is 4.79 Å². The summed E-state index contributed by atoms with van der Waals surface area (Å²) in [7, 11) is 0. The van der Waals surface area contributed by atoms with Crippen LogP contribution in [-0.2, 0) is 26.3 Å². The molecule has 4 saturated carbocycles. The predicted octanol–water partition coefficient (Wildman–Crippen LogP) is 5.89. The summed E-state index contributed by atoms with van der Waals surface area (Å²) in [6.45, 7) is 1.63. The van der Waals surface area contributed by atoms with Crippen molar-refractivity contribution in [3.8, 4) is 5.75 Å². The van der Waals surface area contributed by atoms with Gasteiger partial charge >= 0.3 is 11.9 Å². The fraction of sp³-hybridized carbons (Fsp3) is 0.406. The first-order valence-electron chi connectivity index (χ1n) is 13.8. The lowest BCUT2D eigenvalue weighted by molar-refractivity contribution is -0.176. The fourth-order valence-corrected chi connectivity index (χ4v) is 7.77. The van der Waals surface area contributed by atoms with E-state index in [-0.39, 0.29) is 36.1 Å². The molecule has 2 N–H and O–H groups in total. The van der Waals surface area contributed by atoms with Crippen molar-refractivity contribution < 1.29 is 33.4 Å². The molecule has 1 amide bonds. The fourth-order valence-electron chi connectivity index (χ4n) is 7.77. The first kappa shape index (κ1) is 26.2. The average molecular weight is 544 g/mol. The van der Waals surface area contributed by atoms with Gasteiger partial charge in [0.15, 0.2) is 6.61 Å². The highest BCUT2D eigenvalue weighted by atomic mass is 16.5. The minimum absolute atomic E-state index is 0.0592. The molecule has 0 radical (unpaired) electrons. The van der Waals surface area contributed by atoms with Crippen LogP contribution in [0.25, 0.3) is 0 Å². The summed E-state index contributed by atoms with van der Waals surface area (Å²) in [6.07, 6.45) is 7.51. The number of furan rings is 1. The number of anilines is 1. The van der Waals surface area contributed by atoms with Gasteiger partial charge in [0, 0.05) is 5.69 Å². The summed E-state index contributed by atoms with van der Waals surface area (Å²) in [4.78, 5) is 37.3. The van der Waals surface area contributed by atoms with E-state index >= 15 is 0 Å². The number of aromatic carboxylic acids is 1. The number of hydrogen-bond donors (Lipinski definition) is 2. The van der Waals surface area contributed by atoms with E-state index in [2.05, 4.69) is 17.4 Å². The number of hydrogen-bond acceptors (Lipinski definition) is 6. The molecule has 1 heterocycles. The van der Waals surface area contributed by atoms with E-state index in [9.17, 15) is 19.5 Å². The normalized spacial score (nSPS) is 26.3. The highest BCUT2D eigenvalue weighted by Crippen LogP contribution is 2.66. The molecule has 40 heavy (non-hydrogen) atoms. The summed E-state index contributed by atoms with van der Waals surface area (Å²) < 4.78 is 16.9. The average Bonchev–Trinajstić information content (AvgIpc) is 3.45. The third kappa shape index (κ3) is 4.87. The number of carboxylic acids is 1. The number of nitrogens with one attached hydrogen (secondary N) is 1. The van der Waals surface area contributed by atoms with E-state index in [0.717, 1.165) is 32.1 Å². The number of carbonyl (C=O) groups is 3. The van der Waals surface area contributed by atoms with Gasteiger partial charge in [0.05, 0.1) is 17.2 Å². The van der Waals surface area contributed by atoms with Crippen molar-refractivity contribution in [3.05, 3.63) is 83.3 Å². The molecule has 4 aliphatic rings. The second-order valence-corrected chi connectivity index (χ2v) is 11.8. The van der Waals surface area contributed by atoms with Crippen LogP contribution in [0.3, 0.4) is 0 Å². The van der Waals surface area contributed by atoms with E-state index in [4.69, 9.17) is 13.9 Å². The minimum atomic E-state index is -1.04. The lowest BCUT2D eigenvalue weighted by Crippen LogP contribution is -2.57. The topological polar surface area (TPSA) is 115 Å². The van der Waals surface area contributed by atoms with Gasteiger partial charge in [0.25, 0.3) is 5.91 Å². The number of rotatable bonds is 9. The monoisotopic (exact) mass is 543 g/mol. The van der Waals surface area contributed by atoms with Crippen LogP contribution in [-0.4, -0.2) is 29.6 Å². The first-order chi connectivity index (χ1) is 19.3. The highest BCUT2D eigenvalue weighted by Gasteiger charge is 2.61. The summed E-state index contributed by atoms with van der Waals surface area (Å²) >= 11 is 0. The molecule has 4 fully saturated rings. The zero-order chi connectivity index (χ0) is 27.9. The molecule has 7 rings (SSSR count). The van der Waals surface area contributed by atoms with Crippen LogP contribution in [0, 0.1) is 24.2 Å². The van der Waals surface area contributed by atoms with Crippen LogP contribution in [0.1, 0.15) is 65.8 Å². The van der Waals surface area contributed by atoms with Crippen molar-refractivity contribution >= 4 is 23.5 Å². The largest absolute Gasteiger partial charge is 0.484 e. The van der Waals surface area contributed by atoms with Crippen LogP contribution in [0.15, 0.2) is 65.3 Å². The van der Waals surface area contributed by atoms with Crippen molar-refractivity contribution in [2.45, 2.75) is 57.5 Å². The van der Waals surface area contributed by atoms with Crippen molar-refractivity contribution in [3.63, 3.8) is 0 Å². The molecule has 3 aromatic rings. The van der Waals surface area contributed by atoms with E-state index in [0.29, 0.717) is 34.6 Å². The second-order valence-electron chi connectivity index (χ2n) is 11.8. The Morgan fingerprint density at radius 3 is 2.42 bits per heavy atom. The third-order valence-corrected chi connectivity index (χ3v) is 9.09. The van der Waals surface area contributed by atoms with Crippen LogP contribution >= 0.6 is 0 Å². The maximum Gasteiger partial charge on any atom is 0.336 e. The van der Waals surface area contributed by atoms with Crippen molar-refractivity contribution in [2.24, 2.45) is 17.3 Å². The van der Waals surface area contributed by atoms with Gasteiger partial charge < -0.3 is 24.3 Å². The van der Waals surface area contributed by atoms with E-state index in [1.54, 1.807) is 31.4 Å². The van der Waals surface area contributed by atoms with Gasteiger partial charge in [-0.05, 0) is 110 Å². The van der Waals surface area contributed by atoms with Gasteiger partial charge in [0.2, 0.25) is 0 Å². The second kappa shape index (κ2) is 10.2. The van der Waals surface area contributed by atoms with Gasteiger partial charge in [0.1, 0.15) is 18.1 Å². The van der Waals surface area contributed by atoms with Crippen LogP contribution in [0.4, 0.5) is 5.69 Å². The van der Waals surface area contributed by atoms with E-state index < -0.39 is 11.4 Å². The standard InChI is InChI=1S/C32H33NO7/c1-20-26(29(35)36)5-2-6-27(20)33-28(34)18-39-24-9-7-23(8-10-24)31-13-21-12-22(14-31)16-32(15-21,19-31)30(37)40-17-25-4-3-11-38-25/h2-11,21-22H,12-19H2,1H3,(H,33,34)(H,35,36). The first-order valence-corrected chi connectivity index (χ1v) is 13.8.